The number of carbonyl (C=O) groups is 1. The van der Waals surface area contributed by atoms with Crippen LogP contribution in [0.2, 0.25) is 0 Å². The van der Waals surface area contributed by atoms with Gasteiger partial charge in [0.15, 0.2) is 0 Å². The summed E-state index contributed by atoms with van der Waals surface area (Å²) in [5.74, 6) is -0.591. The molecule has 2 aromatic carbocycles. The third-order valence-corrected chi connectivity index (χ3v) is 5.61. The van der Waals surface area contributed by atoms with Crippen LogP contribution < -0.4 is 4.74 Å². The lowest BCUT2D eigenvalue weighted by Crippen LogP contribution is -2.54. The highest BCUT2D eigenvalue weighted by atomic mass is 35.5. The van der Waals surface area contributed by atoms with E-state index in [1.807, 2.05) is 69.3 Å². The molecule has 0 bridgehead atoms. The van der Waals surface area contributed by atoms with Gasteiger partial charge in [-0.2, -0.15) is 0 Å². The summed E-state index contributed by atoms with van der Waals surface area (Å²) in [6.45, 7) is 5.77. The first-order valence-corrected chi connectivity index (χ1v) is 10.9. The molecule has 3 rings (SSSR count). The van der Waals surface area contributed by atoms with Crippen LogP contribution in [0.5, 0.6) is 5.75 Å². The lowest BCUT2D eigenvalue weighted by Gasteiger charge is -2.39. The van der Waals surface area contributed by atoms with Crippen molar-refractivity contribution >= 4 is 40.1 Å². The average molecular weight is 458 g/mol. The summed E-state index contributed by atoms with van der Waals surface area (Å²) in [5.41, 5.74) is 0.394. The van der Waals surface area contributed by atoms with Gasteiger partial charge in [-0.3, -0.25) is 4.98 Å². The predicted octanol–water partition coefficient (Wildman–Crippen LogP) is 6.71. The molecule has 0 N–H and O–H groups in total. The van der Waals surface area contributed by atoms with Gasteiger partial charge in [-0.05, 0) is 30.3 Å². The molecule has 162 valence electrons. The van der Waals surface area contributed by atoms with E-state index in [2.05, 4.69) is 4.98 Å². The quantitative estimate of drug-likeness (QED) is 0.352. The molecule has 1 aromatic heterocycles. The van der Waals surface area contributed by atoms with Gasteiger partial charge >= 0.3 is 5.97 Å². The van der Waals surface area contributed by atoms with Gasteiger partial charge in [0.2, 0.25) is 5.60 Å². The summed E-state index contributed by atoms with van der Waals surface area (Å²) >= 11 is 11.9. The van der Waals surface area contributed by atoms with Crippen molar-refractivity contribution in [3.8, 4) is 5.75 Å². The molecule has 0 aliphatic heterocycles. The van der Waals surface area contributed by atoms with E-state index in [4.69, 9.17) is 32.7 Å². The summed E-state index contributed by atoms with van der Waals surface area (Å²) in [5, 5.41) is 0.939. The Morgan fingerprint density at radius 2 is 1.71 bits per heavy atom. The third kappa shape index (κ3) is 5.20. The summed E-state index contributed by atoms with van der Waals surface area (Å²) in [6.07, 6.45) is 3.31. The number of carbonyl (C=O) groups excluding carboxylic acids is 1. The Balaban J connectivity index is 1.95. The van der Waals surface area contributed by atoms with Gasteiger partial charge in [0.1, 0.15) is 16.8 Å². The number of halogens is 2. The van der Waals surface area contributed by atoms with Crippen molar-refractivity contribution in [3.05, 3.63) is 83.0 Å². The monoisotopic (exact) mass is 457 g/mol. The second kappa shape index (κ2) is 10.2. The molecule has 0 aliphatic rings. The molecule has 0 radical (unpaired) electrons. The Hall–Kier alpha value is -2.56. The number of rotatable bonds is 8. The van der Waals surface area contributed by atoms with E-state index in [9.17, 15) is 4.79 Å². The van der Waals surface area contributed by atoms with Crippen LogP contribution in [0.4, 0.5) is 0 Å². The highest BCUT2D eigenvalue weighted by Gasteiger charge is 2.50. The second-order valence-electron chi connectivity index (χ2n) is 7.67. The van der Waals surface area contributed by atoms with Gasteiger partial charge < -0.3 is 9.47 Å². The largest absolute Gasteiger partial charge is 0.475 e. The zero-order valence-corrected chi connectivity index (χ0v) is 19.2. The number of pyridine rings is 1. The van der Waals surface area contributed by atoms with Crippen molar-refractivity contribution in [1.29, 1.82) is 0 Å². The van der Waals surface area contributed by atoms with Gasteiger partial charge in [0.25, 0.3) is 0 Å². The average Bonchev–Trinajstić information content (AvgIpc) is 2.75. The van der Waals surface area contributed by atoms with Crippen LogP contribution >= 0.6 is 23.2 Å². The van der Waals surface area contributed by atoms with Crippen LogP contribution in [0, 0.1) is 11.8 Å². The Morgan fingerprint density at radius 3 is 2.39 bits per heavy atom. The molecular weight excluding hydrogens is 433 g/mol. The number of esters is 1. The minimum Gasteiger partial charge on any atom is -0.475 e. The molecule has 6 heteroatoms. The minimum absolute atomic E-state index is 0.0714. The molecule has 0 saturated carbocycles. The molecule has 0 spiro atoms. The molecule has 0 fully saturated rings. The standard InChI is InChI=1S/C25H25Cl2NO3/c1-17(2)25(18(3)15-23(26)27,31-20-9-5-4-6-10-20)24(29)30-16-19-13-14-28-22-12-8-7-11-21(19)22/h4-15,17-18H,16H2,1-3H3. The molecule has 31 heavy (non-hydrogen) atoms. The van der Waals surface area contributed by atoms with Crippen molar-refractivity contribution < 1.29 is 14.3 Å². The Bertz CT molecular complexity index is 1060. The Kier molecular flexibility index (Phi) is 7.58. The fourth-order valence-corrected chi connectivity index (χ4v) is 4.11. The highest BCUT2D eigenvalue weighted by Crippen LogP contribution is 2.36. The number of fused-ring (bicyclic) bond motifs is 1. The molecule has 4 nitrogen and oxygen atoms in total. The fraction of sp³-hybridized carbons (Fsp3) is 0.280. The van der Waals surface area contributed by atoms with Crippen LogP contribution in [0.1, 0.15) is 26.3 Å². The van der Waals surface area contributed by atoms with Crippen molar-refractivity contribution in [1.82, 2.24) is 4.98 Å². The number of para-hydroxylation sites is 2. The van der Waals surface area contributed by atoms with Gasteiger partial charge in [0.05, 0.1) is 5.52 Å². The maximum absolute atomic E-state index is 13.6. The number of ether oxygens (including phenoxy) is 2. The van der Waals surface area contributed by atoms with E-state index >= 15 is 0 Å². The summed E-state index contributed by atoms with van der Waals surface area (Å²) < 4.78 is 12.2. The summed E-state index contributed by atoms with van der Waals surface area (Å²) in [4.78, 5) is 17.9. The Labute approximate surface area is 192 Å². The van der Waals surface area contributed by atoms with E-state index in [1.54, 1.807) is 24.4 Å². The third-order valence-electron chi connectivity index (χ3n) is 5.36. The van der Waals surface area contributed by atoms with E-state index < -0.39 is 17.5 Å². The van der Waals surface area contributed by atoms with Crippen molar-refractivity contribution in [2.45, 2.75) is 33.0 Å². The van der Waals surface area contributed by atoms with E-state index in [-0.39, 0.29) is 17.0 Å². The van der Waals surface area contributed by atoms with Crippen LogP contribution in [-0.4, -0.2) is 16.6 Å². The van der Waals surface area contributed by atoms with E-state index in [1.165, 1.54) is 0 Å². The highest BCUT2D eigenvalue weighted by molar-refractivity contribution is 6.55. The molecule has 2 atom stereocenters. The Morgan fingerprint density at radius 1 is 1.03 bits per heavy atom. The number of hydrogen-bond acceptors (Lipinski definition) is 4. The summed E-state index contributed by atoms with van der Waals surface area (Å²) in [7, 11) is 0. The normalized spacial score (nSPS) is 14.0. The first-order valence-electron chi connectivity index (χ1n) is 10.1. The topological polar surface area (TPSA) is 48.4 Å². The summed E-state index contributed by atoms with van der Waals surface area (Å²) in [6, 6.07) is 18.8. The zero-order chi connectivity index (χ0) is 22.4. The van der Waals surface area contributed by atoms with Gasteiger partial charge in [-0.1, -0.05) is 80.4 Å². The van der Waals surface area contributed by atoms with Crippen LogP contribution in [-0.2, 0) is 16.1 Å². The van der Waals surface area contributed by atoms with Crippen LogP contribution in [0.3, 0.4) is 0 Å². The zero-order valence-electron chi connectivity index (χ0n) is 17.7. The number of nitrogens with zero attached hydrogens (tertiary/aromatic N) is 1. The van der Waals surface area contributed by atoms with Crippen LogP contribution in [0.15, 0.2) is 77.4 Å². The van der Waals surface area contributed by atoms with Crippen LogP contribution in [0.25, 0.3) is 10.9 Å². The fourth-order valence-electron chi connectivity index (χ4n) is 3.73. The van der Waals surface area contributed by atoms with Crippen molar-refractivity contribution in [3.63, 3.8) is 0 Å². The van der Waals surface area contributed by atoms with Gasteiger partial charge in [-0.15, -0.1) is 0 Å². The maximum Gasteiger partial charge on any atom is 0.351 e. The lowest BCUT2D eigenvalue weighted by atomic mass is 9.79. The lowest BCUT2D eigenvalue weighted by molar-refractivity contribution is -0.172. The smallest absolute Gasteiger partial charge is 0.351 e. The van der Waals surface area contributed by atoms with Crippen molar-refractivity contribution in [2.75, 3.05) is 0 Å². The minimum atomic E-state index is -1.32. The SMILES string of the molecule is CC(C)C(Oc1ccccc1)(C(=O)OCc1ccnc2ccccc12)C(C)C=C(Cl)Cl. The number of aromatic nitrogens is 1. The number of hydrogen-bond donors (Lipinski definition) is 0. The first kappa shape index (κ1) is 23.1. The number of benzene rings is 2. The molecular formula is C25H25Cl2NO3. The molecule has 1 heterocycles. The maximum atomic E-state index is 13.6. The van der Waals surface area contributed by atoms with Gasteiger partial charge in [-0.25, -0.2) is 4.79 Å². The predicted molar refractivity (Wildman–Crippen MR) is 125 cm³/mol. The molecule has 0 aliphatic carbocycles. The van der Waals surface area contributed by atoms with Gasteiger partial charge in [0, 0.05) is 29.0 Å². The van der Waals surface area contributed by atoms with E-state index in [0.29, 0.717) is 5.75 Å². The molecule has 3 aromatic rings. The molecule has 0 saturated heterocycles. The first-order chi connectivity index (χ1) is 14.8. The van der Waals surface area contributed by atoms with E-state index in [0.717, 1.165) is 16.5 Å². The molecule has 2 unspecified atom stereocenters. The second-order valence-corrected chi connectivity index (χ2v) is 8.68. The van der Waals surface area contributed by atoms with Crippen molar-refractivity contribution in [2.24, 2.45) is 11.8 Å². The molecule has 0 amide bonds.